The van der Waals surface area contributed by atoms with Crippen molar-refractivity contribution in [2.45, 2.75) is 53.4 Å². The monoisotopic (exact) mass is 367 g/mol. The Hall–Kier alpha value is -1.80. The average molecular weight is 368 g/mol. The molecule has 1 nitrogen and oxygen atoms in total. The fourth-order valence-corrected chi connectivity index (χ4v) is 3.97. The Balaban J connectivity index is 2.89. The van der Waals surface area contributed by atoms with Crippen molar-refractivity contribution in [1.82, 2.24) is 0 Å². The number of allylic oxidation sites excluding steroid dienone is 2. The first-order valence-corrected chi connectivity index (χ1v) is 10.2. The van der Waals surface area contributed by atoms with E-state index in [0.717, 1.165) is 30.7 Å². The van der Waals surface area contributed by atoms with Gasteiger partial charge in [-0.1, -0.05) is 94.6 Å². The molecule has 1 atom stereocenters. The summed E-state index contributed by atoms with van der Waals surface area (Å²) < 4.78 is 0. The predicted molar refractivity (Wildman–Crippen MR) is 123 cm³/mol. The van der Waals surface area contributed by atoms with Crippen LogP contribution < -0.4 is 0 Å². The highest BCUT2D eigenvalue weighted by Crippen LogP contribution is 2.28. The lowest BCUT2D eigenvalue weighted by atomic mass is 9.98. The summed E-state index contributed by atoms with van der Waals surface area (Å²) in [4.78, 5) is 5.68. The molecule has 0 bridgehead atoms. The molecule has 1 aromatic rings. The molecule has 0 aliphatic carbocycles. The van der Waals surface area contributed by atoms with E-state index in [2.05, 4.69) is 76.7 Å². The number of benzene rings is 1. The Morgan fingerprint density at radius 3 is 2.58 bits per heavy atom. The summed E-state index contributed by atoms with van der Waals surface area (Å²) in [6.45, 7) is 20.6. The molecule has 0 N–H and O–H groups in total. The molecule has 1 rings (SSSR count). The number of hydrogen-bond donors (Lipinski definition) is 0. The van der Waals surface area contributed by atoms with Gasteiger partial charge in [-0.05, 0) is 47.8 Å². The summed E-state index contributed by atoms with van der Waals surface area (Å²) in [7, 11) is 0. The summed E-state index contributed by atoms with van der Waals surface area (Å²) in [5, 5.41) is 1.10. The SMILES string of the molecule is C=C/N=C(/SC(=C)CCC)C(C)C/C(C)=C\c1ccc(C=C)c(CC)c1. The number of aryl methyl sites for hydroxylation is 1. The normalized spacial score (nSPS) is 13.4. The molecular formula is C24H33NS. The van der Waals surface area contributed by atoms with Gasteiger partial charge in [0.05, 0.1) is 5.04 Å². The lowest BCUT2D eigenvalue weighted by Crippen LogP contribution is -2.08. The van der Waals surface area contributed by atoms with Crippen LogP contribution in [0.3, 0.4) is 0 Å². The van der Waals surface area contributed by atoms with Gasteiger partial charge in [-0.3, -0.25) is 4.99 Å². The molecule has 0 aliphatic heterocycles. The molecule has 1 aromatic carbocycles. The lowest BCUT2D eigenvalue weighted by molar-refractivity contribution is 0.772. The van der Waals surface area contributed by atoms with E-state index in [4.69, 9.17) is 0 Å². The van der Waals surface area contributed by atoms with Crippen LogP contribution in [-0.4, -0.2) is 5.04 Å². The number of rotatable bonds is 10. The van der Waals surface area contributed by atoms with Crippen molar-refractivity contribution in [3.05, 3.63) is 71.3 Å². The molecular weight excluding hydrogens is 334 g/mol. The van der Waals surface area contributed by atoms with Crippen LogP contribution in [0, 0.1) is 5.92 Å². The van der Waals surface area contributed by atoms with Gasteiger partial charge in [0, 0.05) is 12.1 Å². The predicted octanol–water partition coefficient (Wildman–Crippen LogP) is 7.91. The van der Waals surface area contributed by atoms with Crippen molar-refractivity contribution >= 4 is 29.0 Å². The number of hydrogen-bond acceptors (Lipinski definition) is 2. The molecule has 26 heavy (non-hydrogen) atoms. The van der Waals surface area contributed by atoms with Crippen molar-refractivity contribution < 1.29 is 0 Å². The van der Waals surface area contributed by atoms with E-state index in [1.807, 2.05) is 6.08 Å². The molecule has 0 heterocycles. The number of nitrogens with zero attached hydrogens (tertiary/aromatic N) is 1. The molecule has 0 spiro atoms. The number of aliphatic imine (C=N–C) groups is 1. The Morgan fingerprint density at radius 1 is 1.27 bits per heavy atom. The van der Waals surface area contributed by atoms with Gasteiger partial charge >= 0.3 is 0 Å². The fraction of sp³-hybridized carbons (Fsp3) is 0.375. The second-order valence-corrected chi connectivity index (χ2v) is 7.85. The van der Waals surface area contributed by atoms with Crippen LogP contribution in [0.2, 0.25) is 0 Å². The molecule has 2 heteroatoms. The van der Waals surface area contributed by atoms with E-state index in [1.54, 1.807) is 18.0 Å². The van der Waals surface area contributed by atoms with Gasteiger partial charge in [-0.25, -0.2) is 0 Å². The van der Waals surface area contributed by atoms with Gasteiger partial charge < -0.3 is 0 Å². The van der Waals surface area contributed by atoms with Crippen LogP contribution in [0.5, 0.6) is 0 Å². The minimum absolute atomic E-state index is 0.348. The van der Waals surface area contributed by atoms with Crippen molar-refractivity contribution in [2.75, 3.05) is 0 Å². The zero-order valence-electron chi connectivity index (χ0n) is 16.8. The van der Waals surface area contributed by atoms with Crippen molar-refractivity contribution in [3.8, 4) is 0 Å². The molecule has 0 aliphatic rings. The van der Waals surface area contributed by atoms with E-state index in [1.165, 1.54) is 27.2 Å². The first kappa shape index (κ1) is 22.2. The maximum atomic E-state index is 4.50. The quantitative estimate of drug-likeness (QED) is 0.302. The van der Waals surface area contributed by atoms with E-state index >= 15 is 0 Å². The highest BCUT2D eigenvalue weighted by Gasteiger charge is 2.13. The zero-order valence-corrected chi connectivity index (χ0v) is 17.7. The standard InChI is InChI=1S/C24H33NS/c1-8-12-20(7)26-24(25-11-4)19(6)15-18(5)16-21-13-14-22(9-2)23(10-3)17-21/h9,11,13-14,16-17,19H,2,4,7-8,10,12,15H2,1,3,5-6H3/b18-16-,25-24+. The van der Waals surface area contributed by atoms with Gasteiger partial charge in [0.1, 0.15) is 0 Å². The van der Waals surface area contributed by atoms with Crippen molar-refractivity contribution in [2.24, 2.45) is 10.9 Å². The van der Waals surface area contributed by atoms with Crippen LogP contribution in [0.25, 0.3) is 12.2 Å². The van der Waals surface area contributed by atoms with E-state index in [0.29, 0.717) is 5.92 Å². The van der Waals surface area contributed by atoms with E-state index in [-0.39, 0.29) is 0 Å². The van der Waals surface area contributed by atoms with Crippen LogP contribution in [0.1, 0.15) is 63.6 Å². The Kier molecular flexibility index (Phi) is 10.0. The molecule has 0 aromatic heterocycles. The van der Waals surface area contributed by atoms with Gasteiger partial charge in [-0.2, -0.15) is 0 Å². The fourth-order valence-electron chi connectivity index (χ4n) is 2.96. The average Bonchev–Trinajstić information content (AvgIpc) is 2.61. The zero-order chi connectivity index (χ0) is 19.5. The minimum atomic E-state index is 0.348. The Morgan fingerprint density at radius 2 is 2.00 bits per heavy atom. The van der Waals surface area contributed by atoms with Crippen molar-refractivity contribution in [3.63, 3.8) is 0 Å². The van der Waals surface area contributed by atoms with E-state index < -0.39 is 0 Å². The first-order chi connectivity index (χ1) is 12.4. The summed E-state index contributed by atoms with van der Waals surface area (Å²) in [6, 6.07) is 6.59. The Bertz CT molecular complexity index is 694. The highest BCUT2D eigenvalue weighted by molar-refractivity contribution is 8.17. The second kappa shape index (κ2) is 11.7. The van der Waals surface area contributed by atoms with Crippen LogP contribution in [0.4, 0.5) is 0 Å². The smallest absolute Gasteiger partial charge is 0.0806 e. The maximum absolute atomic E-state index is 4.50. The third-order valence-electron chi connectivity index (χ3n) is 4.23. The molecule has 0 saturated carbocycles. The summed E-state index contributed by atoms with van der Waals surface area (Å²) >= 11 is 1.71. The largest absolute Gasteiger partial charge is 0.254 e. The van der Waals surface area contributed by atoms with Gasteiger partial charge in [0.25, 0.3) is 0 Å². The molecule has 0 radical (unpaired) electrons. The van der Waals surface area contributed by atoms with Crippen LogP contribution in [-0.2, 0) is 6.42 Å². The van der Waals surface area contributed by atoms with Crippen LogP contribution in [0.15, 0.2) is 59.6 Å². The molecule has 0 saturated heterocycles. The number of thioether (sulfide) groups is 1. The molecule has 0 fully saturated rings. The highest BCUT2D eigenvalue weighted by atomic mass is 32.2. The maximum Gasteiger partial charge on any atom is 0.0806 e. The van der Waals surface area contributed by atoms with E-state index in [9.17, 15) is 0 Å². The molecule has 0 amide bonds. The summed E-state index contributed by atoms with van der Waals surface area (Å²) in [5.41, 5.74) is 5.17. The minimum Gasteiger partial charge on any atom is -0.254 e. The summed E-state index contributed by atoms with van der Waals surface area (Å²) in [6.07, 6.45) is 9.98. The summed E-state index contributed by atoms with van der Waals surface area (Å²) in [5.74, 6) is 0.348. The van der Waals surface area contributed by atoms with Gasteiger partial charge in [-0.15, -0.1) is 0 Å². The lowest BCUT2D eigenvalue weighted by Gasteiger charge is -2.15. The molecule has 140 valence electrons. The third kappa shape index (κ3) is 7.21. The second-order valence-electron chi connectivity index (χ2n) is 6.65. The van der Waals surface area contributed by atoms with Crippen LogP contribution >= 0.6 is 11.8 Å². The third-order valence-corrected chi connectivity index (χ3v) is 5.44. The van der Waals surface area contributed by atoms with Gasteiger partial charge in [0.15, 0.2) is 0 Å². The van der Waals surface area contributed by atoms with Gasteiger partial charge in [0.2, 0.25) is 0 Å². The topological polar surface area (TPSA) is 12.4 Å². The first-order valence-electron chi connectivity index (χ1n) is 9.41. The Labute approximate surface area is 164 Å². The van der Waals surface area contributed by atoms with Crippen molar-refractivity contribution in [1.29, 1.82) is 0 Å². The molecule has 1 unspecified atom stereocenters.